The minimum atomic E-state index is 0.197. The van der Waals surface area contributed by atoms with Crippen molar-refractivity contribution < 1.29 is 14.7 Å². The van der Waals surface area contributed by atoms with Crippen LogP contribution in [-0.4, -0.2) is 77.4 Å². The van der Waals surface area contributed by atoms with Crippen molar-refractivity contribution >= 4 is 11.8 Å². The summed E-state index contributed by atoms with van der Waals surface area (Å²) in [5, 5.41) is 9.37. The second-order valence-corrected chi connectivity index (χ2v) is 9.27. The number of hydrogen-bond acceptors (Lipinski definition) is 4. The molecule has 1 atom stereocenters. The number of nitrogens with zero attached hydrogens (tertiary/aromatic N) is 3. The topological polar surface area (TPSA) is 64.1 Å². The van der Waals surface area contributed by atoms with Crippen molar-refractivity contribution in [2.45, 2.75) is 51.0 Å². The molecule has 0 unspecified atom stereocenters. The molecule has 4 rings (SSSR count). The summed E-state index contributed by atoms with van der Waals surface area (Å²) >= 11 is 0. The van der Waals surface area contributed by atoms with Crippen LogP contribution in [0.25, 0.3) is 0 Å². The second-order valence-electron chi connectivity index (χ2n) is 9.27. The summed E-state index contributed by atoms with van der Waals surface area (Å²) in [6, 6.07) is 7.46. The normalized spacial score (nSPS) is 25.0. The first kappa shape index (κ1) is 20.2. The van der Waals surface area contributed by atoms with Gasteiger partial charge in [0.25, 0.3) is 0 Å². The Hall–Kier alpha value is -2.08. The molecule has 1 spiro atoms. The van der Waals surface area contributed by atoms with Gasteiger partial charge in [0.1, 0.15) is 5.75 Å². The Balaban J connectivity index is 1.29. The summed E-state index contributed by atoms with van der Waals surface area (Å²) in [5.74, 6) is 0.795. The van der Waals surface area contributed by atoms with E-state index < -0.39 is 0 Å². The maximum Gasteiger partial charge on any atom is 0.222 e. The molecule has 6 heteroatoms. The van der Waals surface area contributed by atoms with Crippen LogP contribution in [0.1, 0.15) is 44.1 Å². The lowest BCUT2D eigenvalue weighted by atomic mass is 9.72. The predicted octanol–water partition coefficient (Wildman–Crippen LogP) is 2.26. The monoisotopic (exact) mass is 399 g/mol. The van der Waals surface area contributed by atoms with Crippen molar-refractivity contribution in [1.29, 1.82) is 0 Å². The first-order valence-electron chi connectivity index (χ1n) is 11.0. The van der Waals surface area contributed by atoms with Crippen molar-refractivity contribution in [2.24, 2.45) is 5.41 Å². The average molecular weight is 400 g/mol. The standard InChI is InChI=1S/C23H33N3O3/c1-24-13-9-19(16-24)26-17-23(10-8-22(26)29)11-14-25(15-12-23)21(28)7-4-18-2-5-20(27)6-3-18/h2-3,5-6,19,27H,4,7-17H2,1H3/t19-/m1/s1. The minimum Gasteiger partial charge on any atom is -0.508 e. The number of piperidine rings is 2. The SMILES string of the molecule is CN1CC[C@@H](N2CC3(CCC2=O)CCN(C(=O)CCc2ccc(O)cc2)CC3)C1. The fourth-order valence-corrected chi connectivity index (χ4v) is 5.25. The van der Waals surface area contributed by atoms with Crippen molar-refractivity contribution in [1.82, 2.24) is 14.7 Å². The molecule has 3 aliphatic heterocycles. The molecule has 2 amide bonds. The van der Waals surface area contributed by atoms with E-state index >= 15 is 0 Å². The van der Waals surface area contributed by atoms with Gasteiger partial charge in [0.05, 0.1) is 0 Å². The lowest BCUT2D eigenvalue weighted by Gasteiger charge is -2.49. The number of phenolic OH excluding ortho intramolecular Hbond substituents is 1. The highest BCUT2D eigenvalue weighted by atomic mass is 16.3. The number of aryl methyl sites for hydroxylation is 1. The summed E-state index contributed by atoms with van der Waals surface area (Å²) in [7, 11) is 2.13. The zero-order chi connectivity index (χ0) is 20.4. The number of aromatic hydroxyl groups is 1. The highest BCUT2D eigenvalue weighted by molar-refractivity contribution is 5.78. The van der Waals surface area contributed by atoms with Crippen LogP contribution in [0.3, 0.4) is 0 Å². The number of rotatable bonds is 4. The molecular weight excluding hydrogens is 366 g/mol. The molecule has 0 aliphatic carbocycles. The smallest absolute Gasteiger partial charge is 0.222 e. The second kappa shape index (κ2) is 8.34. The zero-order valence-electron chi connectivity index (χ0n) is 17.5. The van der Waals surface area contributed by atoms with Gasteiger partial charge in [0.2, 0.25) is 11.8 Å². The van der Waals surface area contributed by atoms with Gasteiger partial charge in [0, 0.05) is 45.1 Å². The molecule has 0 bridgehead atoms. The molecule has 1 aromatic rings. The summed E-state index contributed by atoms with van der Waals surface area (Å²) in [5.41, 5.74) is 1.27. The quantitative estimate of drug-likeness (QED) is 0.844. The molecule has 6 nitrogen and oxygen atoms in total. The van der Waals surface area contributed by atoms with Crippen LogP contribution in [-0.2, 0) is 16.0 Å². The average Bonchev–Trinajstić information content (AvgIpc) is 3.16. The van der Waals surface area contributed by atoms with Crippen LogP contribution in [0.15, 0.2) is 24.3 Å². The van der Waals surface area contributed by atoms with Crippen molar-refractivity contribution in [3.05, 3.63) is 29.8 Å². The number of carbonyl (C=O) groups is 2. The maximum atomic E-state index is 12.7. The molecule has 1 aromatic carbocycles. The molecule has 158 valence electrons. The molecular formula is C23H33N3O3. The van der Waals surface area contributed by atoms with Gasteiger partial charge in [-0.2, -0.15) is 0 Å². The van der Waals surface area contributed by atoms with E-state index in [1.54, 1.807) is 12.1 Å². The van der Waals surface area contributed by atoms with E-state index in [0.717, 1.165) is 64.0 Å². The van der Waals surface area contributed by atoms with E-state index in [1.165, 1.54) is 0 Å². The first-order valence-corrected chi connectivity index (χ1v) is 11.0. The third-order valence-electron chi connectivity index (χ3n) is 7.24. The van der Waals surface area contributed by atoms with E-state index in [2.05, 4.69) is 16.8 Å². The molecule has 1 N–H and O–H groups in total. The highest BCUT2D eigenvalue weighted by Crippen LogP contribution is 2.41. The van der Waals surface area contributed by atoms with Crippen molar-refractivity contribution in [2.75, 3.05) is 39.8 Å². The van der Waals surface area contributed by atoms with Crippen LogP contribution in [0.5, 0.6) is 5.75 Å². The van der Waals surface area contributed by atoms with Crippen molar-refractivity contribution in [3.8, 4) is 5.75 Å². The Labute approximate surface area is 173 Å². The van der Waals surface area contributed by atoms with E-state index in [-0.39, 0.29) is 17.1 Å². The maximum absolute atomic E-state index is 12.7. The molecule has 3 aliphatic rings. The van der Waals surface area contributed by atoms with Crippen LogP contribution >= 0.6 is 0 Å². The minimum absolute atomic E-state index is 0.197. The lowest BCUT2D eigenvalue weighted by Crippen LogP contribution is -2.55. The number of amides is 2. The number of likely N-dealkylation sites (tertiary alicyclic amines) is 3. The fraction of sp³-hybridized carbons (Fsp3) is 0.652. The molecule has 0 saturated carbocycles. The summed E-state index contributed by atoms with van der Waals surface area (Å²) in [6.07, 6.45) is 5.94. The molecule has 3 saturated heterocycles. The summed E-state index contributed by atoms with van der Waals surface area (Å²) in [6.45, 7) is 4.55. The summed E-state index contributed by atoms with van der Waals surface area (Å²) in [4.78, 5) is 31.7. The number of benzene rings is 1. The van der Waals surface area contributed by atoms with E-state index in [0.29, 0.717) is 31.2 Å². The molecule has 0 aromatic heterocycles. The van der Waals surface area contributed by atoms with Gasteiger partial charge in [0.15, 0.2) is 0 Å². The van der Waals surface area contributed by atoms with Crippen LogP contribution in [0, 0.1) is 5.41 Å². The van der Waals surface area contributed by atoms with Gasteiger partial charge < -0.3 is 19.8 Å². The van der Waals surface area contributed by atoms with Crippen LogP contribution in [0.4, 0.5) is 0 Å². The van der Waals surface area contributed by atoms with Gasteiger partial charge in [-0.25, -0.2) is 0 Å². The van der Waals surface area contributed by atoms with Gasteiger partial charge >= 0.3 is 0 Å². The van der Waals surface area contributed by atoms with Gasteiger partial charge in [-0.1, -0.05) is 12.1 Å². The fourth-order valence-electron chi connectivity index (χ4n) is 5.25. The lowest BCUT2D eigenvalue weighted by molar-refractivity contribution is -0.144. The Morgan fingerprint density at radius 2 is 1.86 bits per heavy atom. The number of carbonyl (C=O) groups excluding carboxylic acids is 2. The van der Waals surface area contributed by atoms with Gasteiger partial charge in [-0.3, -0.25) is 9.59 Å². The van der Waals surface area contributed by atoms with E-state index in [4.69, 9.17) is 0 Å². The van der Waals surface area contributed by atoms with Gasteiger partial charge in [-0.05, 0) is 68.8 Å². The van der Waals surface area contributed by atoms with Crippen LogP contribution in [0.2, 0.25) is 0 Å². The van der Waals surface area contributed by atoms with Gasteiger partial charge in [-0.15, -0.1) is 0 Å². The third-order valence-corrected chi connectivity index (χ3v) is 7.24. The number of likely N-dealkylation sites (N-methyl/N-ethyl adjacent to an activating group) is 1. The predicted molar refractivity (Wildman–Crippen MR) is 112 cm³/mol. The highest BCUT2D eigenvalue weighted by Gasteiger charge is 2.44. The van der Waals surface area contributed by atoms with Crippen molar-refractivity contribution in [3.63, 3.8) is 0 Å². The number of phenols is 1. The molecule has 3 heterocycles. The number of hydrogen-bond donors (Lipinski definition) is 1. The largest absolute Gasteiger partial charge is 0.508 e. The Kier molecular flexibility index (Phi) is 5.81. The van der Waals surface area contributed by atoms with E-state index in [1.807, 2.05) is 17.0 Å². The molecule has 0 radical (unpaired) electrons. The summed E-state index contributed by atoms with van der Waals surface area (Å²) < 4.78 is 0. The van der Waals surface area contributed by atoms with E-state index in [9.17, 15) is 14.7 Å². The Morgan fingerprint density at radius 3 is 2.52 bits per heavy atom. The van der Waals surface area contributed by atoms with Crippen LogP contribution < -0.4 is 0 Å². The Bertz CT molecular complexity index is 740. The molecule has 3 fully saturated rings. The third kappa shape index (κ3) is 4.58. The zero-order valence-corrected chi connectivity index (χ0v) is 17.5. The molecule has 29 heavy (non-hydrogen) atoms. The Morgan fingerprint density at radius 1 is 1.14 bits per heavy atom. The first-order chi connectivity index (χ1) is 13.9.